The Morgan fingerprint density at radius 1 is 0.857 bits per heavy atom. The summed E-state index contributed by atoms with van der Waals surface area (Å²) in [5.41, 5.74) is 0. The van der Waals surface area contributed by atoms with Crippen LogP contribution in [0, 0.1) is 0 Å². The number of hydrogen-bond acceptors (Lipinski definition) is 0. The van der Waals surface area contributed by atoms with E-state index < -0.39 is 0 Å². The summed E-state index contributed by atoms with van der Waals surface area (Å²) in [7, 11) is 0.578. The van der Waals surface area contributed by atoms with E-state index in [9.17, 15) is 0 Å². The molecular formula is C10H6Cl2Si2. The molecule has 0 nitrogen and oxygen atoms in total. The predicted molar refractivity (Wildman–Crippen MR) is 66.4 cm³/mol. The van der Waals surface area contributed by atoms with Crippen LogP contribution in [0.25, 0.3) is 10.8 Å². The van der Waals surface area contributed by atoms with Crippen LogP contribution in [0.1, 0.15) is 0 Å². The minimum atomic E-state index is 0.284. The molecule has 4 radical (unpaired) electrons. The van der Waals surface area contributed by atoms with Crippen LogP contribution >= 0.6 is 22.2 Å². The molecule has 0 heterocycles. The molecule has 0 saturated carbocycles. The molecule has 0 aromatic heterocycles. The first-order chi connectivity index (χ1) is 6.86. The minimum Gasteiger partial charge on any atom is -0.165 e. The van der Waals surface area contributed by atoms with Gasteiger partial charge in [-0.3, -0.25) is 0 Å². The predicted octanol–water partition coefficient (Wildman–Crippen LogP) is 1.81. The lowest BCUT2D eigenvalue weighted by Crippen LogP contribution is -2.32. The van der Waals surface area contributed by atoms with Crippen molar-refractivity contribution in [3.63, 3.8) is 0 Å². The van der Waals surface area contributed by atoms with Gasteiger partial charge in [0, 0.05) is 0 Å². The first kappa shape index (κ1) is 10.2. The largest absolute Gasteiger partial charge is 0.210 e. The second-order valence-electron chi connectivity index (χ2n) is 2.90. The Labute approximate surface area is 97.3 Å². The van der Waals surface area contributed by atoms with E-state index in [1.807, 2.05) is 12.1 Å². The van der Waals surface area contributed by atoms with Crippen molar-refractivity contribution in [2.45, 2.75) is 0 Å². The van der Waals surface area contributed by atoms with Gasteiger partial charge in [0.2, 0.25) is 17.7 Å². The van der Waals surface area contributed by atoms with E-state index in [1.165, 1.54) is 21.1 Å². The molecule has 0 N–H and O–H groups in total. The number of halogens is 2. The summed E-state index contributed by atoms with van der Waals surface area (Å²) < 4.78 is 0. The maximum Gasteiger partial charge on any atom is 0.210 e. The summed E-state index contributed by atoms with van der Waals surface area (Å²) in [5.74, 6) is 0. The van der Waals surface area contributed by atoms with Crippen LogP contribution in [0.2, 0.25) is 0 Å². The van der Waals surface area contributed by atoms with Crippen LogP contribution in [0.5, 0.6) is 0 Å². The van der Waals surface area contributed by atoms with Gasteiger partial charge < -0.3 is 0 Å². The third-order valence-electron chi connectivity index (χ3n) is 2.13. The van der Waals surface area contributed by atoms with Crippen LogP contribution in [-0.2, 0) is 0 Å². The van der Waals surface area contributed by atoms with Crippen molar-refractivity contribution < 1.29 is 0 Å². The summed E-state index contributed by atoms with van der Waals surface area (Å²) in [6.45, 7) is 0. The zero-order valence-electron chi connectivity index (χ0n) is 7.22. The van der Waals surface area contributed by atoms with E-state index >= 15 is 0 Å². The second kappa shape index (κ2) is 4.49. The molecule has 0 fully saturated rings. The highest BCUT2D eigenvalue weighted by atomic mass is 35.6. The maximum atomic E-state index is 5.96. The Balaban J connectivity index is 2.77. The Morgan fingerprint density at radius 2 is 1.64 bits per heavy atom. The monoisotopic (exact) mass is 252 g/mol. The van der Waals surface area contributed by atoms with Gasteiger partial charge >= 0.3 is 0 Å². The molecule has 0 unspecified atom stereocenters. The molecule has 0 spiro atoms. The van der Waals surface area contributed by atoms with Crippen molar-refractivity contribution in [1.82, 2.24) is 0 Å². The first-order valence-electron chi connectivity index (χ1n) is 4.12. The Hall–Kier alpha value is -0.286. The highest BCUT2D eigenvalue weighted by Gasteiger charge is 2.06. The summed E-state index contributed by atoms with van der Waals surface area (Å²) in [6, 6.07) is 12.4. The zero-order valence-corrected chi connectivity index (χ0v) is 10.7. The van der Waals surface area contributed by atoms with Gasteiger partial charge in [0.05, 0.1) is 0 Å². The topological polar surface area (TPSA) is 0 Å². The van der Waals surface area contributed by atoms with Crippen molar-refractivity contribution in [1.29, 1.82) is 0 Å². The van der Waals surface area contributed by atoms with E-state index in [4.69, 9.17) is 22.2 Å². The molecule has 0 aliphatic heterocycles. The lowest BCUT2D eigenvalue weighted by molar-refractivity contribution is 1.80. The fourth-order valence-corrected chi connectivity index (χ4v) is 4.28. The molecule has 68 valence electrons. The number of fused-ring (bicyclic) bond motifs is 1. The molecular weight excluding hydrogens is 247 g/mol. The Morgan fingerprint density at radius 3 is 2.36 bits per heavy atom. The molecule has 0 bridgehead atoms. The first-order valence-corrected chi connectivity index (χ1v) is 8.14. The minimum absolute atomic E-state index is 0.284. The normalized spacial score (nSPS) is 10.7. The summed E-state index contributed by atoms with van der Waals surface area (Å²) in [6.07, 6.45) is 0. The fraction of sp³-hybridized carbons (Fsp3) is 0. The smallest absolute Gasteiger partial charge is 0.165 e. The summed E-state index contributed by atoms with van der Waals surface area (Å²) >= 11 is 11.8. The second-order valence-corrected chi connectivity index (χ2v) is 5.45. The van der Waals surface area contributed by atoms with Crippen molar-refractivity contribution in [2.24, 2.45) is 0 Å². The van der Waals surface area contributed by atoms with Crippen molar-refractivity contribution in [3.05, 3.63) is 36.4 Å². The average Bonchev–Trinajstić information content (AvgIpc) is 2.27. The van der Waals surface area contributed by atoms with Crippen molar-refractivity contribution in [2.75, 3.05) is 0 Å². The van der Waals surface area contributed by atoms with Gasteiger partial charge in [-0.1, -0.05) is 36.4 Å². The van der Waals surface area contributed by atoms with E-state index in [0.29, 0.717) is 8.83 Å². The molecule has 2 rings (SSSR count). The molecule has 2 aromatic rings. The van der Waals surface area contributed by atoms with Crippen LogP contribution in [0.15, 0.2) is 36.4 Å². The SMILES string of the molecule is Cl[Si]c1ccc2ccccc2c1[Si]Cl. The van der Waals surface area contributed by atoms with E-state index in [-0.39, 0.29) is 8.83 Å². The highest BCUT2D eigenvalue weighted by Crippen LogP contribution is 2.09. The summed E-state index contributed by atoms with van der Waals surface area (Å²) in [4.78, 5) is 0. The number of rotatable bonds is 2. The standard InChI is InChI=1S/C10H6Cl2Si2/c11-13-9-6-5-7-3-1-2-4-8(7)10(9)14-12/h1-6H. The maximum absolute atomic E-state index is 5.96. The van der Waals surface area contributed by atoms with Crippen LogP contribution in [0.4, 0.5) is 0 Å². The van der Waals surface area contributed by atoms with Crippen molar-refractivity contribution in [3.8, 4) is 0 Å². The van der Waals surface area contributed by atoms with Gasteiger partial charge in [0.15, 0.2) is 0 Å². The quantitative estimate of drug-likeness (QED) is 0.565. The molecule has 14 heavy (non-hydrogen) atoms. The van der Waals surface area contributed by atoms with Crippen molar-refractivity contribution >= 4 is 61.0 Å². The molecule has 4 heteroatoms. The van der Waals surface area contributed by atoms with E-state index in [2.05, 4.69) is 24.3 Å². The summed E-state index contributed by atoms with van der Waals surface area (Å²) in [5, 5.41) is 4.82. The Bertz CT molecular complexity index is 457. The van der Waals surface area contributed by atoms with E-state index in [0.717, 1.165) is 0 Å². The van der Waals surface area contributed by atoms with Gasteiger partial charge in [-0.05, 0) is 21.1 Å². The molecule has 0 saturated heterocycles. The average molecular weight is 253 g/mol. The molecule has 2 aromatic carbocycles. The van der Waals surface area contributed by atoms with Crippen LogP contribution in [0.3, 0.4) is 0 Å². The molecule has 0 aliphatic carbocycles. The lowest BCUT2D eigenvalue weighted by Gasteiger charge is -2.06. The third kappa shape index (κ3) is 1.75. The molecule has 0 aliphatic rings. The van der Waals surface area contributed by atoms with Gasteiger partial charge in [-0.2, -0.15) is 22.2 Å². The van der Waals surface area contributed by atoms with E-state index in [1.54, 1.807) is 0 Å². The van der Waals surface area contributed by atoms with Gasteiger partial charge in [-0.15, -0.1) is 0 Å². The molecule has 0 amide bonds. The van der Waals surface area contributed by atoms with Gasteiger partial charge in [-0.25, -0.2) is 0 Å². The fourth-order valence-electron chi connectivity index (χ4n) is 1.45. The highest BCUT2D eigenvalue weighted by molar-refractivity contribution is 7.08. The lowest BCUT2D eigenvalue weighted by atomic mass is 10.1. The third-order valence-corrected chi connectivity index (χ3v) is 4.90. The molecule has 0 atom stereocenters. The Kier molecular flexibility index (Phi) is 3.28. The number of benzene rings is 2. The van der Waals surface area contributed by atoms with Crippen LogP contribution in [-0.4, -0.2) is 17.7 Å². The van der Waals surface area contributed by atoms with Gasteiger partial charge in [0.1, 0.15) is 0 Å². The number of hydrogen-bond donors (Lipinski definition) is 0. The van der Waals surface area contributed by atoms with Gasteiger partial charge in [0.25, 0.3) is 0 Å². The zero-order chi connectivity index (χ0) is 9.97. The van der Waals surface area contributed by atoms with Crippen LogP contribution < -0.4 is 10.4 Å².